The van der Waals surface area contributed by atoms with Gasteiger partial charge in [0, 0.05) is 5.33 Å². The van der Waals surface area contributed by atoms with Crippen molar-refractivity contribution >= 4 is 15.9 Å². The molecule has 3 nitrogen and oxygen atoms in total. The van der Waals surface area contributed by atoms with E-state index in [9.17, 15) is 0 Å². The van der Waals surface area contributed by atoms with Crippen LogP contribution in [0.1, 0.15) is 19.4 Å². The second-order valence-electron chi connectivity index (χ2n) is 4.03. The van der Waals surface area contributed by atoms with Crippen molar-refractivity contribution in [2.24, 2.45) is 0 Å². The smallest absolute Gasteiger partial charge is 0.203 e. The van der Waals surface area contributed by atoms with Crippen molar-refractivity contribution in [1.29, 1.82) is 0 Å². The minimum atomic E-state index is -2.73. The third-order valence-electron chi connectivity index (χ3n) is 2.68. The van der Waals surface area contributed by atoms with Crippen LogP contribution in [0.4, 0.5) is 0 Å². The molecule has 0 aromatic heterocycles. The molecule has 0 atom stereocenters. The van der Waals surface area contributed by atoms with E-state index < -0.39 is 14.1 Å². The maximum Gasteiger partial charge on any atom is 0.203 e. The molecule has 0 aliphatic rings. The van der Waals surface area contributed by atoms with E-state index in [-0.39, 0.29) is 23.9 Å². The Bertz CT molecular complexity index is 694. The van der Waals surface area contributed by atoms with Crippen molar-refractivity contribution in [1.82, 2.24) is 0 Å². The predicted octanol–water partition coefficient (Wildman–Crippen LogP) is 4.18. The van der Waals surface area contributed by atoms with Gasteiger partial charge in [0.2, 0.25) is 5.75 Å². The fourth-order valence-electron chi connectivity index (χ4n) is 1.73. The molecule has 0 radical (unpaired) electrons. The molecule has 106 valence electrons. The molecule has 0 aliphatic heterocycles. The van der Waals surface area contributed by atoms with Crippen molar-refractivity contribution in [2.45, 2.75) is 11.9 Å². The van der Waals surface area contributed by atoms with E-state index in [0.29, 0.717) is 10.9 Å². The highest BCUT2D eigenvalue weighted by molar-refractivity contribution is 9.08. The van der Waals surface area contributed by atoms with Crippen molar-refractivity contribution in [3.8, 4) is 17.2 Å². The molecular formula is C16H17BrO3. The molecule has 0 bridgehead atoms. The highest BCUT2D eigenvalue weighted by atomic mass is 79.9. The number of hydrogen-bond acceptors (Lipinski definition) is 3. The number of benzene rings is 2. The summed E-state index contributed by atoms with van der Waals surface area (Å²) in [6, 6.07) is 12.1. The first kappa shape index (κ1) is 8.57. The van der Waals surface area contributed by atoms with E-state index in [4.69, 9.17) is 22.4 Å². The Kier molecular flexibility index (Phi) is 3.08. The standard InChI is InChI=1S/C16H17BrO3/c1-18-14-8-13(10-17)9-15(19-2)16(14)20-11-12-6-4-3-5-7-12/h3-9H,10-11H2,1-2H3/i1D3,2D3. The summed E-state index contributed by atoms with van der Waals surface area (Å²) in [6.45, 7) is 0.0865. The average Bonchev–Trinajstić information content (AvgIpc) is 2.51. The third-order valence-corrected chi connectivity index (χ3v) is 3.33. The molecular weight excluding hydrogens is 320 g/mol. The Balaban J connectivity index is 2.44. The van der Waals surface area contributed by atoms with Gasteiger partial charge in [-0.15, -0.1) is 0 Å². The van der Waals surface area contributed by atoms with E-state index in [1.807, 2.05) is 30.3 Å². The van der Waals surface area contributed by atoms with Gasteiger partial charge in [-0.05, 0) is 23.3 Å². The first-order valence-electron chi connectivity index (χ1n) is 8.85. The Hall–Kier alpha value is -1.68. The zero-order chi connectivity index (χ0) is 19.4. The third kappa shape index (κ3) is 3.45. The van der Waals surface area contributed by atoms with Crippen LogP contribution in [0.3, 0.4) is 0 Å². The molecule has 0 N–H and O–H groups in total. The molecule has 0 saturated heterocycles. The van der Waals surface area contributed by atoms with E-state index in [2.05, 4.69) is 15.9 Å². The van der Waals surface area contributed by atoms with Gasteiger partial charge in [0.25, 0.3) is 0 Å². The maximum absolute atomic E-state index is 7.33. The molecule has 0 saturated carbocycles. The van der Waals surface area contributed by atoms with Gasteiger partial charge in [-0.2, -0.15) is 0 Å². The molecule has 2 aromatic carbocycles. The molecule has 4 heteroatoms. The Labute approximate surface area is 136 Å². The zero-order valence-corrected chi connectivity index (χ0v) is 12.1. The lowest BCUT2D eigenvalue weighted by atomic mass is 10.2. The summed E-state index contributed by atoms with van der Waals surface area (Å²) < 4.78 is 59.7. The van der Waals surface area contributed by atoms with Crippen LogP contribution in [0.2, 0.25) is 0 Å². The van der Waals surface area contributed by atoms with Gasteiger partial charge < -0.3 is 14.2 Å². The Morgan fingerprint density at radius 1 is 1.00 bits per heavy atom. The first-order valence-corrected chi connectivity index (χ1v) is 6.97. The molecule has 0 heterocycles. The quantitative estimate of drug-likeness (QED) is 0.737. The molecule has 2 rings (SSSR count). The van der Waals surface area contributed by atoms with Crippen LogP contribution in [0, 0.1) is 0 Å². The number of alkyl halides is 1. The number of ether oxygens (including phenoxy) is 3. The first-order chi connectivity index (χ1) is 12.1. The summed E-state index contributed by atoms with van der Waals surface area (Å²) in [5, 5.41) is 0.348. The van der Waals surface area contributed by atoms with Crippen molar-refractivity contribution in [2.75, 3.05) is 14.1 Å². The van der Waals surface area contributed by atoms with Crippen LogP contribution < -0.4 is 14.2 Å². The second kappa shape index (κ2) is 7.20. The largest absolute Gasteiger partial charge is 0.493 e. The molecule has 0 fully saturated rings. The fourth-order valence-corrected chi connectivity index (χ4v) is 2.06. The lowest BCUT2D eigenvalue weighted by molar-refractivity contribution is 0.265. The van der Waals surface area contributed by atoms with Crippen LogP contribution in [0.5, 0.6) is 17.2 Å². The minimum absolute atomic E-state index is 0.0780. The van der Waals surface area contributed by atoms with Crippen LogP contribution >= 0.6 is 15.9 Å². The lowest BCUT2D eigenvalue weighted by Crippen LogP contribution is -2.01. The van der Waals surface area contributed by atoms with Crippen molar-refractivity contribution < 1.29 is 22.4 Å². The summed E-state index contributed by atoms with van der Waals surface area (Å²) in [5.74, 6) is -0.305. The van der Waals surface area contributed by atoms with Gasteiger partial charge in [0.15, 0.2) is 11.5 Å². The highest BCUT2D eigenvalue weighted by Crippen LogP contribution is 2.39. The summed E-state index contributed by atoms with van der Waals surface area (Å²) in [4.78, 5) is 0. The van der Waals surface area contributed by atoms with Gasteiger partial charge >= 0.3 is 0 Å². The number of hydrogen-bond donors (Lipinski definition) is 0. The lowest BCUT2D eigenvalue weighted by Gasteiger charge is -2.15. The van der Waals surface area contributed by atoms with Crippen LogP contribution in [-0.4, -0.2) is 14.1 Å². The van der Waals surface area contributed by atoms with E-state index in [1.54, 1.807) is 0 Å². The van der Waals surface area contributed by atoms with Gasteiger partial charge in [-0.1, -0.05) is 46.3 Å². The maximum atomic E-state index is 7.33. The van der Waals surface area contributed by atoms with Gasteiger partial charge in [-0.25, -0.2) is 0 Å². The van der Waals surface area contributed by atoms with Gasteiger partial charge in [-0.3, -0.25) is 0 Å². The normalized spacial score (nSPS) is 15.8. The number of rotatable bonds is 6. The summed E-state index contributed by atoms with van der Waals surface area (Å²) >= 11 is 3.25. The van der Waals surface area contributed by atoms with Crippen molar-refractivity contribution in [3.05, 3.63) is 53.6 Å². The Morgan fingerprint density at radius 2 is 1.65 bits per heavy atom. The second-order valence-corrected chi connectivity index (χ2v) is 4.59. The van der Waals surface area contributed by atoms with E-state index in [0.717, 1.165) is 5.56 Å². The van der Waals surface area contributed by atoms with Crippen LogP contribution in [0.15, 0.2) is 42.5 Å². The van der Waals surface area contributed by atoms with Crippen LogP contribution in [0.25, 0.3) is 0 Å². The monoisotopic (exact) mass is 342 g/mol. The average molecular weight is 343 g/mol. The molecule has 0 aliphatic carbocycles. The summed E-state index contributed by atoms with van der Waals surface area (Å²) in [6.07, 6.45) is 0. The molecule has 0 spiro atoms. The summed E-state index contributed by atoms with van der Waals surface area (Å²) in [5.41, 5.74) is 1.40. The molecule has 2 aromatic rings. The zero-order valence-electron chi connectivity index (χ0n) is 16.6. The van der Waals surface area contributed by atoms with Gasteiger partial charge in [0.05, 0.1) is 22.3 Å². The topological polar surface area (TPSA) is 27.7 Å². The predicted molar refractivity (Wildman–Crippen MR) is 83.0 cm³/mol. The number of methoxy groups -OCH3 is 2. The fraction of sp³-hybridized carbons (Fsp3) is 0.250. The highest BCUT2D eigenvalue weighted by Gasteiger charge is 2.14. The molecule has 0 amide bonds. The molecule has 20 heavy (non-hydrogen) atoms. The SMILES string of the molecule is [2H]C([2H])([2H])Oc1cc(CBr)cc(OC([2H])([2H])[2H])c1OCc1ccccc1. The van der Waals surface area contributed by atoms with E-state index in [1.165, 1.54) is 12.1 Å². The minimum Gasteiger partial charge on any atom is -0.493 e. The van der Waals surface area contributed by atoms with Gasteiger partial charge in [0.1, 0.15) is 6.61 Å². The van der Waals surface area contributed by atoms with Crippen molar-refractivity contribution in [3.63, 3.8) is 0 Å². The molecule has 0 unspecified atom stereocenters. The number of halogens is 1. The summed E-state index contributed by atoms with van der Waals surface area (Å²) in [7, 11) is -5.46. The van der Waals surface area contributed by atoms with Crippen LogP contribution in [-0.2, 0) is 11.9 Å². The Morgan fingerprint density at radius 3 is 2.20 bits per heavy atom. The van der Waals surface area contributed by atoms with E-state index >= 15 is 0 Å².